The normalized spacial score (nSPS) is 19.7. The molecule has 1 aliphatic rings. The van der Waals surface area contributed by atoms with Crippen molar-refractivity contribution in [2.45, 2.75) is 51.9 Å². The molecular formula is C32H32. The van der Waals surface area contributed by atoms with E-state index in [1.807, 2.05) is 0 Å². The minimum absolute atomic E-state index is 0.378. The summed E-state index contributed by atoms with van der Waals surface area (Å²) in [7, 11) is 0. The third-order valence-corrected chi connectivity index (χ3v) is 7.24. The highest BCUT2D eigenvalue weighted by Gasteiger charge is 2.42. The SMILES string of the molecule is Cc1ccc(CC2c3ccc(C)cc3C(c3ccc(C)cc3)C2c2ccc(C)cc2)cc1. The summed E-state index contributed by atoms with van der Waals surface area (Å²) in [5.41, 5.74) is 12.6. The molecule has 0 N–H and O–H groups in total. The van der Waals surface area contributed by atoms with Gasteiger partial charge in [-0.05, 0) is 67.9 Å². The summed E-state index contributed by atoms with van der Waals surface area (Å²) in [6, 6.07) is 34.8. The molecule has 0 nitrogen and oxygen atoms in total. The first-order valence-electron chi connectivity index (χ1n) is 11.8. The molecule has 0 spiro atoms. The highest BCUT2D eigenvalue weighted by Crippen LogP contribution is 2.56. The van der Waals surface area contributed by atoms with Crippen LogP contribution >= 0.6 is 0 Å². The predicted molar refractivity (Wildman–Crippen MR) is 136 cm³/mol. The van der Waals surface area contributed by atoms with Crippen molar-refractivity contribution in [3.63, 3.8) is 0 Å². The molecule has 0 bridgehead atoms. The van der Waals surface area contributed by atoms with Crippen LogP contribution in [0.3, 0.4) is 0 Å². The number of benzene rings is 4. The van der Waals surface area contributed by atoms with Crippen molar-refractivity contribution in [2.75, 3.05) is 0 Å². The van der Waals surface area contributed by atoms with E-state index in [2.05, 4.69) is 119 Å². The lowest BCUT2D eigenvalue weighted by Gasteiger charge is -2.27. The van der Waals surface area contributed by atoms with Crippen LogP contribution in [0.5, 0.6) is 0 Å². The van der Waals surface area contributed by atoms with Crippen LogP contribution in [-0.2, 0) is 6.42 Å². The first kappa shape index (κ1) is 20.8. The van der Waals surface area contributed by atoms with Gasteiger partial charge in [-0.3, -0.25) is 0 Å². The molecule has 0 heterocycles. The summed E-state index contributed by atoms with van der Waals surface area (Å²) >= 11 is 0. The number of hydrogen-bond donors (Lipinski definition) is 0. The molecule has 5 rings (SSSR count). The van der Waals surface area contributed by atoms with Gasteiger partial charge in [0.15, 0.2) is 0 Å². The monoisotopic (exact) mass is 416 g/mol. The van der Waals surface area contributed by atoms with E-state index in [0.29, 0.717) is 17.8 Å². The van der Waals surface area contributed by atoms with E-state index in [4.69, 9.17) is 0 Å². The highest BCUT2D eigenvalue weighted by molar-refractivity contribution is 5.53. The van der Waals surface area contributed by atoms with Crippen molar-refractivity contribution in [3.8, 4) is 0 Å². The fraction of sp³-hybridized carbons (Fsp3) is 0.250. The highest BCUT2D eigenvalue weighted by atomic mass is 14.4. The fourth-order valence-electron chi connectivity index (χ4n) is 5.51. The summed E-state index contributed by atoms with van der Waals surface area (Å²) < 4.78 is 0. The largest absolute Gasteiger partial charge is 0.0591 e. The van der Waals surface area contributed by atoms with Gasteiger partial charge < -0.3 is 0 Å². The van der Waals surface area contributed by atoms with Gasteiger partial charge in [-0.25, -0.2) is 0 Å². The third-order valence-electron chi connectivity index (χ3n) is 7.24. The molecule has 0 aliphatic heterocycles. The van der Waals surface area contributed by atoms with E-state index in [0.717, 1.165) is 6.42 Å². The Kier molecular flexibility index (Phi) is 5.47. The number of aryl methyl sites for hydroxylation is 4. The van der Waals surface area contributed by atoms with Crippen LogP contribution in [0, 0.1) is 27.7 Å². The summed E-state index contributed by atoms with van der Waals surface area (Å²) in [6.45, 7) is 8.74. The van der Waals surface area contributed by atoms with Crippen molar-refractivity contribution in [3.05, 3.63) is 141 Å². The summed E-state index contributed by atoms with van der Waals surface area (Å²) in [6.07, 6.45) is 1.07. The minimum atomic E-state index is 0.378. The maximum atomic E-state index is 2.44. The van der Waals surface area contributed by atoms with Crippen molar-refractivity contribution in [2.24, 2.45) is 0 Å². The Morgan fingerprint density at radius 2 is 1.00 bits per heavy atom. The lowest BCUT2D eigenvalue weighted by molar-refractivity contribution is 0.536. The molecule has 4 aromatic rings. The predicted octanol–water partition coefficient (Wildman–Crippen LogP) is 8.18. The van der Waals surface area contributed by atoms with E-state index in [1.165, 1.54) is 50.1 Å². The zero-order valence-corrected chi connectivity index (χ0v) is 19.6. The maximum Gasteiger partial charge on any atom is 0.0167 e. The maximum absolute atomic E-state index is 2.44. The van der Waals surface area contributed by atoms with Crippen LogP contribution < -0.4 is 0 Å². The number of hydrogen-bond acceptors (Lipinski definition) is 0. The van der Waals surface area contributed by atoms with Crippen LogP contribution in [0.25, 0.3) is 0 Å². The zero-order chi connectivity index (χ0) is 22.2. The summed E-state index contributed by atoms with van der Waals surface area (Å²) in [5, 5.41) is 0. The van der Waals surface area contributed by atoms with Crippen LogP contribution in [0.15, 0.2) is 91.0 Å². The van der Waals surface area contributed by atoms with Gasteiger partial charge in [0.2, 0.25) is 0 Å². The van der Waals surface area contributed by atoms with Crippen LogP contribution in [-0.4, -0.2) is 0 Å². The standard InChI is InChI=1S/C32H32/c1-21-5-12-25(13-6-21)20-30-28-18-11-24(4)19-29(28)31(26-14-7-22(2)8-15-26)32(30)27-16-9-23(3)10-17-27/h5-19,30-32H,20H2,1-4H3. The Hall–Kier alpha value is -3.12. The Morgan fingerprint density at radius 3 is 1.59 bits per heavy atom. The molecule has 0 saturated carbocycles. The zero-order valence-electron chi connectivity index (χ0n) is 19.6. The lowest BCUT2D eigenvalue weighted by Crippen LogP contribution is -2.14. The first-order valence-corrected chi connectivity index (χ1v) is 11.8. The molecule has 3 unspecified atom stereocenters. The molecule has 4 aromatic carbocycles. The van der Waals surface area contributed by atoms with Crippen molar-refractivity contribution in [1.82, 2.24) is 0 Å². The molecule has 3 atom stereocenters. The molecule has 0 saturated heterocycles. The van der Waals surface area contributed by atoms with E-state index >= 15 is 0 Å². The average Bonchev–Trinajstić information content (AvgIpc) is 3.09. The molecule has 0 radical (unpaired) electrons. The second-order valence-electron chi connectivity index (χ2n) is 9.75. The summed E-state index contributed by atoms with van der Waals surface area (Å²) in [4.78, 5) is 0. The van der Waals surface area contributed by atoms with Gasteiger partial charge in [0.1, 0.15) is 0 Å². The lowest BCUT2D eigenvalue weighted by atomic mass is 9.76. The molecule has 0 aromatic heterocycles. The van der Waals surface area contributed by atoms with Crippen LogP contribution in [0.4, 0.5) is 0 Å². The quantitative estimate of drug-likeness (QED) is 0.315. The van der Waals surface area contributed by atoms with Crippen molar-refractivity contribution < 1.29 is 0 Å². The van der Waals surface area contributed by atoms with Crippen molar-refractivity contribution in [1.29, 1.82) is 0 Å². The minimum Gasteiger partial charge on any atom is -0.0591 e. The van der Waals surface area contributed by atoms with Gasteiger partial charge in [0.25, 0.3) is 0 Å². The van der Waals surface area contributed by atoms with Gasteiger partial charge in [-0.2, -0.15) is 0 Å². The van der Waals surface area contributed by atoms with Crippen LogP contribution in [0.1, 0.15) is 67.8 Å². The van der Waals surface area contributed by atoms with Gasteiger partial charge in [0, 0.05) is 11.8 Å². The molecule has 0 heteroatoms. The van der Waals surface area contributed by atoms with Gasteiger partial charge in [-0.1, -0.05) is 113 Å². The molecule has 0 fully saturated rings. The number of fused-ring (bicyclic) bond motifs is 1. The van der Waals surface area contributed by atoms with Gasteiger partial charge in [-0.15, -0.1) is 0 Å². The second-order valence-corrected chi connectivity index (χ2v) is 9.75. The Labute approximate surface area is 193 Å². The molecular weight excluding hydrogens is 384 g/mol. The Balaban J connectivity index is 1.68. The average molecular weight is 417 g/mol. The second kappa shape index (κ2) is 8.43. The van der Waals surface area contributed by atoms with E-state index in [-0.39, 0.29) is 0 Å². The van der Waals surface area contributed by atoms with E-state index < -0.39 is 0 Å². The van der Waals surface area contributed by atoms with Crippen LogP contribution in [0.2, 0.25) is 0 Å². The Morgan fingerprint density at radius 1 is 0.500 bits per heavy atom. The molecule has 32 heavy (non-hydrogen) atoms. The topological polar surface area (TPSA) is 0 Å². The Bertz CT molecular complexity index is 1210. The van der Waals surface area contributed by atoms with Gasteiger partial charge >= 0.3 is 0 Å². The van der Waals surface area contributed by atoms with Crippen molar-refractivity contribution >= 4 is 0 Å². The smallest absolute Gasteiger partial charge is 0.0167 e. The third kappa shape index (κ3) is 3.91. The first-order chi connectivity index (χ1) is 15.5. The number of rotatable bonds is 4. The van der Waals surface area contributed by atoms with E-state index in [9.17, 15) is 0 Å². The summed E-state index contributed by atoms with van der Waals surface area (Å²) in [5.74, 6) is 1.27. The fourth-order valence-corrected chi connectivity index (χ4v) is 5.51. The van der Waals surface area contributed by atoms with Gasteiger partial charge in [0.05, 0.1) is 0 Å². The molecule has 160 valence electrons. The molecule has 0 amide bonds. The van der Waals surface area contributed by atoms with E-state index in [1.54, 1.807) is 0 Å². The molecule has 1 aliphatic carbocycles.